The first-order valence-electron chi connectivity index (χ1n) is 10.1. The second-order valence-electron chi connectivity index (χ2n) is 7.06. The maximum atomic E-state index is 12.3. The summed E-state index contributed by atoms with van der Waals surface area (Å²) in [7, 11) is 0. The largest absolute Gasteiger partial charge is 0.441 e. The lowest BCUT2D eigenvalue weighted by Crippen LogP contribution is -2.12. The zero-order valence-corrected chi connectivity index (χ0v) is 18.8. The van der Waals surface area contributed by atoms with E-state index < -0.39 is 5.97 Å². The van der Waals surface area contributed by atoms with Gasteiger partial charge in [0.25, 0.3) is 5.91 Å². The molecule has 166 valence electrons. The number of ether oxygens (including phenoxy) is 1. The lowest BCUT2D eigenvalue weighted by atomic mass is 10.2. The normalized spacial score (nSPS) is 10.6. The average Bonchev–Trinajstić information content (AvgIpc) is 3.29. The number of esters is 1. The summed E-state index contributed by atoms with van der Waals surface area (Å²) in [6.45, 7) is 0. The van der Waals surface area contributed by atoms with Gasteiger partial charge in [0, 0.05) is 22.7 Å². The van der Waals surface area contributed by atoms with E-state index in [4.69, 9.17) is 32.4 Å². The maximum absolute atomic E-state index is 12.3. The van der Waals surface area contributed by atoms with Gasteiger partial charge in [-0.05, 0) is 60.7 Å². The number of halogens is 2. The van der Waals surface area contributed by atoms with Crippen LogP contribution in [0.2, 0.25) is 10.0 Å². The van der Waals surface area contributed by atoms with Crippen molar-refractivity contribution in [1.82, 2.24) is 4.98 Å². The summed E-state index contributed by atoms with van der Waals surface area (Å²) in [5.74, 6) is 0.660. The van der Waals surface area contributed by atoms with E-state index in [1.807, 2.05) is 12.1 Å². The minimum Gasteiger partial charge on any atom is -0.441 e. The maximum Gasteiger partial charge on any atom is 0.311 e. The van der Waals surface area contributed by atoms with Crippen molar-refractivity contribution in [3.63, 3.8) is 0 Å². The molecule has 0 spiro atoms. The molecule has 0 atom stereocenters. The highest BCUT2D eigenvalue weighted by atomic mass is 35.5. The molecule has 4 rings (SSSR count). The lowest BCUT2D eigenvalue weighted by Gasteiger charge is -2.08. The zero-order chi connectivity index (χ0) is 23.2. The molecule has 0 radical (unpaired) electrons. The van der Waals surface area contributed by atoms with Crippen LogP contribution in [0.1, 0.15) is 22.7 Å². The van der Waals surface area contributed by atoms with Gasteiger partial charge in [-0.3, -0.25) is 9.59 Å². The Labute approximate surface area is 200 Å². The van der Waals surface area contributed by atoms with Crippen LogP contribution in [0.15, 0.2) is 83.4 Å². The number of hydrogen-bond donors (Lipinski definition) is 1. The molecule has 0 aliphatic carbocycles. The summed E-state index contributed by atoms with van der Waals surface area (Å²) in [5.41, 5.74) is 1.78. The van der Waals surface area contributed by atoms with Crippen LogP contribution in [0.5, 0.6) is 5.75 Å². The minimum atomic E-state index is -0.422. The summed E-state index contributed by atoms with van der Waals surface area (Å²) < 4.78 is 11.0. The highest BCUT2D eigenvalue weighted by Gasteiger charge is 2.12. The summed E-state index contributed by atoms with van der Waals surface area (Å²) in [6, 6.07) is 20.5. The Morgan fingerprint density at radius 3 is 2.39 bits per heavy atom. The smallest absolute Gasteiger partial charge is 0.311 e. The molecule has 0 fully saturated rings. The molecule has 33 heavy (non-hydrogen) atoms. The fraction of sp³-hybridized carbons (Fsp3) is 0.0800. The van der Waals surface area contributed by atoms with E-state index in [0.29, 0.717) is 45.1 Å². The summed E-state index contributed by atoms with van der Waals surface area (Å²) in [5, 5.41) is 3.76. The van der Waals surface area contributed by atoms with E-state index in [1.165, 1.54) is 0 Å². The Morgan fingerprint density at radius 1 is 0.939 bits per heavy atom. The Balaban J connectivity index is 1.28. The molecule has 1 amide bonds. The molecular formula is C25H18Cl2N2O4. The monoisotopic (exact) mass is 480 g/mol. The molecule has 4 aromatic rings. The first kappa shape index (κ1) is 22.6. The third-order valence-corrected chi connectivity index (χ3v) is 5.27. The molecular weight excluding hydrogens is 463 g/mol. The number of anilines is 1. The number of aromatic nitrogens is 1. The van der Waals surface area contributed by atoms with E-state index in [0.717, 1.165) is 5.56 Å². The van der Waals surface area contributed by atoms with Gasteiger partial charge in [-0.15, -0.1) is 0 Å². The predicted molar refractivity (Wildman–Crippen MR) is 127 cm³/mol. The highest BCUT2D eigenvalue weighted by molar-refractivity contribution is 6.34. The lowest BCUT2D eigenvalue weighted by molar-refractivity contribution is -0.134. The van der Waals surface area contributed by atoms with Gasteiger partial charge in [-0.25, -0.2) is 4.98 Å². The molecule has 0 aliphatic heterocycles. The van der Waals surface area contributed by atoms with Gasteiger partial charge in [-0.2, -0.15) is 0 Å². The summed E-state index contributed by atoms with van der Waals surface area (Å²) in [4.78, 5) is 28.7. The average molecular weight is 481 g/mol. The third-order valence-electron chi connectivity index (χ3n) is 4.69. The van der Waals surface area contributed by atoms with Crippen molar-refractivity contribution in [2.45, 2.75) is 12.8 Å². The summed E-state index contributed by atoms with van der Waals surface area (Å²) in [6.07, 6.45) is 2.02. The molecule has 0 unspecified atom stereocenters. The highest BCUT2D eigenvalue weighted by Crippen LogP contribution is 2.23. The van der Waals surface area contributed by atoms with E-state index in [-0.39, 0.29) is 12.3 Å². The number of hydrogen-bond acceptors (Lipinski definition) is 5. The fourth-order valence-electron chi connectivity index (χ4n) is 3.02. The molecule has 1 aromatic heterocycles. The Bertz CT molecular complexity index is 1270. The number of rotatable bonds is 7. The van der Waals surface area contributed by atoms with Crippen molar-refractivity contribution in [3.05, 3.63) is 100 Å². The van der Waals surface area contributed by atoms with Gasteiger partial charge in [0.15, 0.2) is 11.7 Å². The van der Waals surface area contributed by atoms with Crippen molar-refractivity contribution in [3.8, 4) is 17.1 Å². The second-order valence-corrected chi connectivity index (χ2v) is 7.90. The first-order chi connectivity index (χ1) is 16.0. The van der Waals surface area contributed by atoms with Gasteiger partial charge in [0.2, 0.25) is 0 Å². The van der Waals surface area contributed by atoms with Gasteiger partial charge in [0.05, 0.1) is 23.2 Å². The van der Waals surface area contributed by atoms with Gasteiger partial charge in [-0.1, -0.05) is 35.3 Å². The number of nitrogens with one attached hydrogen (secondary N) is 1. The van der Waals surface area contributed by atoms with Crippen molar-refractivity contribution < 1.29 is 18.7 Å². The van der Waals surface area contributed by atoms with Crippen molar-refractivity contribution >= 4 is 40.8 Å². The van der Waals surface area contributed by atoms with Crippen LogP contribution in [0.25, 0.3) is 11.3 Å². The molecule has 0 saturated heterocycles. The quantitative estimate of drug-likeness (QED) is 0.243. The molecule has 3 aromatic carbocycles. The zero-order valence-electron chi connectivity index (χ0n) is 17.3. The van der Waals surface area contributed by atoms with Crippen molar-refractivity contribution in [1.29, 1.82) is 0 Å². The molecule has 0 aliphatic rings. The SMILES string of the molecule is O=C(CCc1ncc(-c2ccc(Cl)cc2)o1)Oc1ccc(NC(=O)c2ccccc2Cl)cc1. The van der Waals surface area contributed by atoms with Crippen molar-refractivity contribution in [2.75, 3.05) is 5.32 Å². The first-order valence-corrected chi connectivity index (χ1v) is 10.8. The van der Waals surface area contributed by atoms with Crippen LogP contribution in [0.3, 0.4) is 0 Å². The number of carbonyl (C=O) groups excluding carboxylic acids is 2. The Morgan fingerprint density at radius 2 is 1.67 bits per heavy atom. The second kappa shape index (κ2) is 10.3. The predicted octanol–water partition coefficient (Wildman–Crippen LogP) is 6.44. The van der Waals surface area contributed by atoms with Crippen LogP contribution in [-0.2, 0) is 11.2 Å². The summed E-state index contributed by atoms with van der Waals surface area (Å²) >= 11 is 11.9. The molecule has 1 heterocycles. The van der Waals surface area contributed by atoms with Crippen LogP contribution < -0.4 is 10.1 Å². The van der Waals surface area contributed by atoms with Gasteiger partial charge < -0.3 is 14.5 Å². The number of amides is 1. The molecule has 6 nitrogen and oxygen atoms in total. The van der Waals surface area contributed by atoms with Crippen LogP contribution in [0, 0.1) is 0 Å². The molecule has 1 N–H and O–H groups in total. The van der Waals surface area contributed by atoms with Crippen LogP contribution in [-0.4, -0.2) is 16.9 Å². The van der Waals surface area contributed by atoms with Crippen LogP contribution in [0.4, 0.5) is 5.69 Å². The number of oxazole rings is 1. The van der Waals surface area contributed by atoms with E-state index >= 15 is 0 Å². The number of aryl methyl sites for hydroxylation is 1. The fourth-order valence-corrected chi connectivity index (χ4v) is 3.36. The molecule has 0 saturated carbocycles. The number of carbonyl (C=O) groups is 2. The van der Waals surface area contributed by atoms with Gasteiger partial charge >= 0.3 is 5.97 Å². The van der Waals surface area contributed by atoms with Gasteiger partial charge in [0.1, 0.15) is 5.75 Å². The van der Waals surface area contributed by atoms with Crippen molar-refractivity contribution in [2.24, 2.45) is 0 Å². The van der Waals surface area contributed by atoms with Crippen LogP contribution >= 0.6 is 23.2 Å². The molecule has 0 bridgehead atoms. The van der Waals surface area contributed by atoms with E-state index in [1.54, 1.807) is 66.9 Å². The third kappa shape index (κ3) is 6.00. The van der Waals surface area contributed by atoms with E-state index in [2.05, 4.69) is 10.3 Å². The number of benzene rings is 3. The Kier molecular flexibility index (Phi) is 7.07. The standard InChI is InChI=1S/C25H18Cl2N2O4/c26-17-7-5-16(6-8-17)22-15-28-23(33-22)13-14-24(30)32-19-11-9-18(10-12-19)29-25(31)20-3-1-2-4-21(20)27/h1-12,15H,13-14H2,(H,29,31). The Hall–Kier alpha value is -3.61. The minimum absolute atomic E-state index is 0.103. The topological polar surface area (TPSA) is 81.4 Å². The number of nitrogens with zero attached hydrogens (tertiary/aromatic N) is 1. The van der Waals surface area contributed by atoms with E-state index in [9.17, 15) is 9.59 Å². The molecule has 8 heteroatoms.